The van der Waals surface area contributed by atoms with Crippen molar-refractivity contribution in [1.29, 1.82) is 0 Å². The van der Waals surface area contributed by atoms with Gasteiger partial charge in [0.25, 0.3) is 0 Å². The summed E-state index contributed by atoms with van der Waals surface area (Å²) in [5.41, 5.74) is 3.85. The Kier molecular flexibility index (Phi) is 3.40. The number of anilines is 1. The fourth-order valence-electron chi connectivity index (χ4n) is 0.846. The Morgan fingerprint density at radius 3 is 1.93 bits per heavy atom. The van der Waals surface area contributed by atoms with Crippen LogP contribution in [0.1, 0.15) is 34.6 Å². The smallest absolute Gasteiger partial charge is 0.0952 e. The highest BCUT2D eigenvalue weighted by Crippen LogP contribution is 2.32. The van der Waals surface area contributed by atoms with Crippen LogP contribution in [0, 0.1) is 5.41 Å². The van der Waals surface area contributed by atoms with E-state index in [-0.39, 0.29) is 11.0 Å². The average molecular weight is 207 g/mol. The average Bonchev–Trinajstić information content (AvgIpc) is 2.15. The predicted octanol–water partition coefficient (Wildman–Crippen LogP) is 3.85. The first-order valence-electron chi connectivity index (χ1n) is 5.32. The number of para-hydroxylation sites is 1. The number of hydrogen-bond donors (Lipinski definition) is 1. The normalized spacial score (nSPS) is 12.6. The SMILES string of the molecule is CC(C)(C)C(C)(C)ONc1ccccc1. The standard InChI is InChI=1S/C13H21NO/c1-12(2,3)13(4,5)15-14-11-9-7-6-8-10-11/h6-10,14H,1-5H3. The number of rotatable bonds is 3. The second-order valence-electron chi connectivity index (χ2n) is 5.33. The van der Waals surface area contributed by atoms with Gasteiger partial charge in [0, 0.05) is 0 Å². The van der Waals surface area contributed by atoms with E-state index >= 15 is 0 Å². The summed E-state index contributed by atoms with van der Waals surface area (Å²) in [4.78, 5) is 5.73. The highest BCUT2D eigenvalue weighted by molar-refractivity contribution is 5.40. The maximum Gasteiger partial charge on any atom is 0.0952 e. The predicted molar refractivity (Wildman–Crippen MR) is 64.7 cm³/mol. The minimum atomic E-state index is -0.219. The van der Waals surface area contributed by atoms with Crippen molar-refractivity contribution in [2.75, 3.05) is 5.48 Å². The van der Waals surface area contributed by atoms with Crippen molar-refractivity contribution in [3.63, 3.8) is 0 Å². The largest absolute Gasteiger partial charge is 0.270 e. The molecular formula is C13H21NO. The van der Waals surface area contributed by atoms with Gasteiger partial charge in [-0.3, -0.25) is 10.3 Å². The molecule has 0 aliphatic carbocycles. The molecule has 84 valence electrons. The van der Waals surface area contributed by atoms with Gasteiger partial charge in [0.1, 0.15) is 0 Å². The molecule has 0 saturated heterocycles. The monoisotopic (exact) mass is 207 g/mol. The Labute approximate surface area is 92.6 Å². The molecule has 0 aliphatic heterocycles. The van der Waals surface area contributed by atoms with Crippen molar-refractivity contribution in [1.82, 2.24) is 0 Å². The Bertz CT molecular complexity index is 298. The molecule has 0 aromatic heterocycles. The van der Waals surface area contributed by atoms with E-state index in [1.165, 1.54) is 0 Å². The maximum atomic E-state index is 5.73. The zero-order valence-electron chi connectivity index (χ0n) is 10.3. The van der Waals surface area contributed by atoms with Crippen LogP contribution in [-0.4, -0.2) is 5.60 Å². The molecule has 0 amide bonds. The zero-order chi connectivity index (χ0) is 11.5. The van der Waals surface area contributed by atoms with Gasteiger partial charge in [-0.2, -0.15) is 0 Å². The van der Waals surface area contributed by atoms with Crippen molar-refractivity contribution in [3.05, 3.63) is 30.3 Å². The summed E-state index contributed by atoms with van der Waals surface area (Å²) in [6.07, 6.45) is 0. The van der Waals surface area contributed by atoms with Crippen LogP contribution in [-0.2, 0) is 4.84 Å². The van der Waals surface area contributed by atoms with Crippen molar-refractivity contribution in [2.45, 2.75) is 40.2 Å². The van der Waals surface area contributed by atoms with Crippen molar-refractivity contribution in [3.8, 4) is 0 Å². The van der Waals surface area contributed by atoms with E-state index in [2.05, 4.69) is 40.1 Å². The van der Waals surface area contributed by atoms with E-state index in [9.17, 15) is 0 Å². The van der Waals surface area contributed by atoms with Crippen LogP contribution in [0.25, 0.3) is 0 Å². The molecule has 0 bridgehead atoms. The first-order valence-corrected chi connectivity index (χ1v) is 5.32. The second-order valence-corrected chi connectivity index (χ2v) is 5.33. The van der Waals surface area contributed by atoms with Crippen molar-refractivity contribution >= 4 is 5.69 Å². The summed E-state index contributed by atoms with van der Waals surface area (Å²) in [5.74, 6) is 0. The third kappa shape index (κ3) is 3.24. The van der Waals surface area contributed by atoms with Crippen LogP contribution in [0.5, 0.6) is 0 Å². The molecule has 0 radical (unpaired) electrons. The Hall–Kier alpha value is -1.02. The van der Waals surface area contributed by atoms with Crippen LogP contribution >= 0.6 is 0 Å². The first-order chi connectivity index (χ1) is 6.83. The second kappa shape index (κ2) is 4.23. The van der Waals surface area contributed by atoms with Gasteiger partial charge in [0.05, 0.1) is 11.3 Å². The summed E-state index contributed by atoms with van der Waals surface area (Å²) < 4.78 is 0. The molecule has 0 aliphatic rings. The topological polar surface area (TPSA) is 21.3 Å². The molecule has 2 nitrogen and oxygen atoms in total. The number of hydrogen-bond acceptors (Lipinski definition) is 2. The third-order valence-corrected chi connectivity index (χ3v) is 3.00. The minimum absolute atomic E-state index is 0.0920. The molecule has 0 unspecified atom stereocenters. The quantitative estimate of drug-likeness (QED) is 0.760. The van der Waals surface area contributed by atoms with E-state index in [0.29, 0.717) is 0 Å². The molecule has 0 atom stereocenters. The van der Waals surface area contributed by atoms with E-state index in [1.807, 2.05) is 30.3 Å². The number of nitrogens with one attached hydrogen (secondary N) is 1. The highest BCUT2D eigenvalue weighted by atomic mass is 16.7. The molecule has 0 fully saturated rings. The van der Waals surface area contributed by atoms with E-state index in [0.717, 1.165) is 5.69 Å². The Balaban J connectivity index is 2.58. The molecule has 1 N–H and O–H groups in total. The maximum absolute atomic E-state index is 5.73. The summed E-state index contributed by atoms with van der Waals surface area (Å²) in [7, 11) is 0. The fourth-order valence-corrected chi connectivity index (χ4v) is 0.846. The van der Waals surface area contributed by atoms with Gasteiger partial charge < -0.3 is 0 Å². The molecule has 15 heavy (non-hydrogen) atoms. The van der Waals surface area contributed by atoms with Gasteiger partial charge in [0.15, 0.2) is 0 Å². The molecule has 0 saturated carbocycles. The lowest BCUT2D eigenvalue weighted by Crippen LogP contribution is -2.41. The lowest BCUT2D eigenvalue weighted by Gasteiger charge is -2.37. The van der Waals surface area contributed by atoms with Gasteiger partial charge in [-0.15, -0.1) is 0 Å². The minimum Gasteiger partial charge on any atom is -0.270 e. The summed E-state index contributed by atoms with van der Waals surface area (Å²) in [5, 5.41) is 0. The van der Waals surface area contributed by atoms with Crippen LogP contribution < -0.4 is 5.48 Å². The van der Waals surface area contributed by atoms with E-state index in [1.54, 1.807) is 0 Å². The zero-order valence-corrected chi connectivity index (χ0v) is 10.3. The van der Waals surface area contributed by atoms with Crippen LogP contribution in [0.4, 0.5) is 5.69 Å². The first kappa shape index (κ1) is 12.1. The molecule has 1 aromatic rings. The fraction of sp³-hybridized carbons (Fsp3) is 0.538. The molecule has 0 heterocycles. The van der Waals surface area contributed by atoms with Gasteiger partial charge >= 0.3 is 0 Å². The summed E-state index contributed by atoms with van der Waals surface area (Å²) >= 11 is 0. The van der Waals surface area contributed by atoms with Crippen molar-refractivity contribution in [2.24, 2.45) is 5.41 Å². The molecular weight excluding hydrogens is 186 g/mol. The van der Waals surface area contributed by atoms with Crippen LogP contribution in [0.3, 0.4) is 0 Å². The number of benzene rings is 1. The molecule has 1 rings (SSSR count). The van der Waals surface area contributed by atoms with Crippen molar-refractivity contribution < 1.29 is 4.84 Å². The summed E-state index contributed by atoms with van der Waals surface area (Å²) in [6, 6.07) is 9.92. The third-order valence-electron chi connectivity index (χ3n) is 3.00. The lowest BCUT2D eigenvalue weighted by molar-refractivity contribution is -0.0631. The lowest BCUT2D eigenvalue weighted by atomic mass is 9.79. The van der Waals surface area contributed by atoms with Gasteiger partial charge in [-0.05, 0) is 31.4 Å². The van der Waals surface area contributed by atoms with Gasteiger partial charge in [-0.25, -0.2) is 0 Å². The molecule has 0 spiro atoms. The van der Waals surface area contributed by atoms with E-state index in [4.69, 9.17) is 4.84 Å². The highest BCUT2D eigenvalue weighted by Gasteiger charge is 2.34. The van der Waals surface area contributed by atoms with E-state index < -0.39 is 0 Å². The van der Waals surface area contributed by atoms with Crippen LogP contribution in [0.15, 0.2) is 30.3 Å². The summed E-state index contributed by atoms with van der Waals surface area (Å²) in [6.45, 7) is 10.7. The molecule has 2 heteroatoms. The Morgan fingerprint density at radius 1 is 0.933 bits per heavy atom. The van der Waals surface area contributed by atoms with Gasteiger partial charge in [0.2, 0.25) is 0 Å². The molecule has 1 aromatic carbocycles. The van der Waals surface area contributed by atoms with Crippen LogP contribution in [0.2, 0.25) is 0 Å². The van der Waals surface area contributed by atoms with Gasteiger partial charge in [-0.1, -0.05) is 39.0 Å². The Morgan fingerprint density at radius 2 is 1.47 bits per heavy atom.